The number of benzene rings is 1. The summed E-state index contributed by atoms with van der Waals surface area (Å²) in [6.07, 6.45) is 3.96. The van der Waals surface area contributed by atoms with Crippen molar-refractivity contribution >= 4 is 6.03 Å². The highest BCUT2D eigenvalue weighted by Crippen LogP contribution is 2.22. The largest absolute Gasteiger partial charge is 0.439 e. The minimum absolute atomic E-state index is 0.0735. The van der Waals surface area contributed by atoms with Crippen LogP contribution in [0.4, 0.5) is 4.79 Å². The molecule has 1 atom stereocenters. The molecule has 1 N–H and O–H groups in total. The fourth-order valence-corrected chi connectivity index (χ4v) is 3.57. The lowest BCUT2D eigenvalue weighted by Crippen LogP contribution is -2.48. The summed E-state index contributed by atoms with van der Waals surface area (Å²) < 4.78 is 5.91. The van der Waals surface area contributed by atoms with Gasteiger partial charge in [-0.1, -0.05) is 30.3 Å². The first-order valence-corrected chi connectivity index (χ1v) is 8.56. The molecule has 0 saturated carbocycles. The number of oxazole rings is 1. The standard InChI is InChI=1S/C18H22N4O2/c23-18-19-8-10-22(18)15-7-4-9-21(12-15)13-17-20-11-16(24-17)14-5-2-1-3-6-14/h1-3,5-6,11,15H,4,7-10,12-13H2,(H,19,23)/t15-/m1/s1. The van der Waals surface area contributed by atoms with Crippen LogP contribution in [0.3, 0.4) is 0 Å². The second kappa shape index (κ2) is 6.65. The molecule has 0 spiro atoms. The summed E-state index contributed by atoms with van der Waals surface area (Å²) in [5.41, 5.74) is 1.04. The smallest absolute Gasteiger partial charge is 0.317 e. The van der Waals surface area contributed by atoms with Crippen LogP contribution < -0.4 is 5.32 Å². The minimum atomic E-state index is 0.0735. The maximum absolute atomic E-state index is 11.9. The van der Waals surface area contributed by atoms with Gasteiger partial charge in [-0.3, -0.25) is 4.90 Å². The molecule has 2 aliphatic heterocycles. The van der Waals surface area contributed by atoms with E-state index in [9.17, 15) is 4.79 Å². The first kappa shape index (κ1) is 15.2. The van der Waals surface area contributed by atoms with Crippen LogP contribution in [0.1, 0.15) is 18.7 Å². The van der Waals surface area contributed by atoms with E-state index in [4.69, 9.17) is 4.42 Å². The second-order valence-corrected chi connectivity index (χ2v) is 6.44. The van der Waals surface area contributed by atoms with Crippen LogP contribution in [-0.4, -0.2) is 53.0 Å². The quantitative estimate of drug-likeness (QED) is 0.937. The van der Waals surface area contributed by atoms with Crippen molar-refractivity contribution in [1.29, 1.82) is 0 Å². The maximum Gasteiger partial charge on any atom is 0.317 e. The van der Waals surface area contributed by atoms with E-state index in [-0.39, 0.29) is 6.03 Å². The van der Waals surface area contributed by atoms with Crippen molar-refractivity contribution in [3.05, 3.63) is 42.4 Å². The first-order chi connectivity index (χ1) is 11.8. The number of likely N-dealkylation sites (tertiary alicyclic amines) is 1. The average Bonchev–Trinajstić information content (AvgIpc) is 3.25. The summed E-state index contributed by atoms with van der Waals surface area (Å²) in [4.78, 5) is 20.6. The van der Waals surface area contributed by atoms with Crippen molar-refractivity contribution in [3.8, 4) is 11.3 Å². The van der Waals surface area contributed by atoms with Gasteiger partial charge in [-0.2, -0.15) is 0 Å². The summed E-state index contributed by atoms with van der Waals surface area (Å²) in [7, 11) is 0. The molecule has 2 aromatic rings. The lowest BCUT2D eigenvalue weighted by atomic mass is 10.0. The maximum atomic E-state index is 11.9. The monoisotopic (exact) mass is 326 g/mol. The van der Waals surface area contributed by atoms with Crippen LogP contribution in [0.2, 0.25) is 0 Å². The summed E-state index contributed by atoms with van der Waals surface area (Å²) in [5.74, 6) is 1.54. The normalized spacial score (nSPS) is 21.9. The lowest BCUT2D eigenvalue weighted by Gasteiger charge is -2.36. The molecule has 0 bridgehead atoms. The number of hydrogen-bond donors (Lipinski definition) is 1. The fourth-order valence-electron chi connectivity index (χ4n) is 3.57. The van der Waals surface area contributed by atoms with E-state index in [2.05, 4.69) is 15.2 Å². The number of carbonyl (C=O) groups is 1. The molecule has 2 saturated heterocycles. The van der Waals surface area contributed by atoms with Crippen LogP contribution in [0, 0.1) is 0 Å². The van der Waals surface area contributed by atoms with Gasteiger partial charge in [0.15, 0.2) is 5.76 Å². The predicted octanol–water partition coefficient (Wildman–Crippen LogP) is 2.33. The van der Waals surface area contributed by atoms with E-state index < -0.39 is 0 Å². The number of rotatable bonds is 4. The van der Waals surface area contributed by atoms with Gasteiger partial charge < -0.3 is 14.6 Å². The Bertz CT molecular complexity index is 700. The zero-order valence-corrected chi connectivity index (χ0v) is 13.6. The van der Waals surface area contributed by atoms with E-state index in [1.807, 2.05) is 35.2 Å². The molecule has 0 unspecified atom stereocenters. The van der Waals surface area contributed by atoms with Crippen LogP contribution in [0.15, 0.2) is 40.9 Å². The van der Waals surface area contributed by atoms with Gasteiger partial charge in [0, 0.05) is 31.2 Å². The minimum Gasteiger partial charge on any atom is -0.439 e. The van der Waals surface area contributed by atoms with Gasteiger partial charge in [-0.25, -0.2) is 9.78 Å². The van der Waals surface area contributed by atoms with Crippen LogP contribution in [-0.2, 0) is 6.54 Å². The van der Waals surface area contributed by atoms with Crippen molar-refractivity contribution in [2.24, 2.45) is 0 Å². The predicted molar refractivity (Wildman–Crippen MR) is 90.3 cm³/mol. The molecule has 0 aliphatic carbocycles. The van der Waals surface area contributed by atoms with Crippen molar-refractivity contribution in [2.45, 2.75) is 25.4 Å². The number of nitrogens with one attached hydrogen (secondary N) is 1. The third-order valence-corrected chi connectivity index (χ3v) is 4.78. The van der Waals surface area contributed by atoms with Gasteiger partial charge in [0.2, 0.25) is 5.89 Å². The highest BCUT2D eigenvalue weighted by Gasteiger charge is 2.31. The average molecular weight is 326 g/mol. The molecular weight excluding hydrogens is 304 g/mol. The van der Waals surface area contributed by atoms with E-state index >= 15 is 0 Å². The summed E-state index contributed by atoms with van der Waals surface area (Å²) in [6, 6.07) is 10.4. The Morgan fingerprint density at radius 1 is 1.25 bits per heavy atom. The Labute approximate surface area is 141 Å². The van der Waals surface area contributed by atoms with Gasteiger partial charge in [0.05, 0.1) is 12.7 Å². The first-order valence-electron chi connectivity index (χ1n) is 8.56. The Balaban J connectivity index is 1.40. The van der Waals surface area contributed by atoms with Gasteiger partial charge in [-0.15, -0.1) is 0 Å². The molecule has 6 heteroatoms. The third-order valence-electron chi connectivity index (χ3n) is 4.78. The van der Waals surface area contributed by atoms with Gasteiger partial charge >= 0.3 is 6.03 Å². The van der Waals surface area contributed by atoms with Gasteiger partial charge in [-0.05, 0) is 19.4 Å². The van der Waals surface area contributed by atoms with Crippen molar-refractivity contribution in [2.75, 3.05) is 26.2 Å². The molecule has 4 rings (SSSR count). The Morgan fingerprint density at radius 3 is 2.92 bits per heavy atom. The number of piperidine rings is 1. The highest BCUT2D eigenvalue weighted by atomic mass is 16.4. The number of aromatic nitrogens is 1. The molecule has 126 valence electrons. The molecule has 24 heavy (non-hydrogen) atoms. The van der Waals surface area contributed by atoms with E-state index in [1.165, 1.54) is 0 Å². The van der Waals surface area contributed by atoms with Crippen molar-refractivity contribution < 1.29 is 9.21 Å². The number of urea groups is 1. The number of hydrogen-bond acceptors (Lipinski definition) is 4. The van der Waals surface area contributed by atoms with Crippen molar-refractivity contribution in [3.63, 3.8) is 0 Å². The van der Waals surface area contributed by atoms with E-state index in [1.54, 1.807) is 6.20 Å². The zero-order valence-electron chi connectivity index (χ0n) is 13.6. The Hall–Kier alpha value is -2.34. The zero-order chi connectivity index (χ0) is 16.4. The van der Waals surface area contributed by atoms with Crippen LogP contribution in [0.25, 0.3) is 11.3 Å². The van der Waals surface area contributed by atoms with Gasteiger partial charge in [0.25, 0.3) is 0 Å². The molecule has 3 heterocycles. The van der Waals surface area contributed by atoms with E-state index in [0.717, 1.165) is 56.2 Å². The van der Waals surface area contributed by atoms with Crippen LogP contribution in [0.5, 0.6) is 0 Å². The molecule has 2 aliphatic rings. The SMILES string of the molecule is O=C1NCCN1[C@@H]1CCCN(Cc2ncc(-c3ccccc3)o2)C1. The fraction of sp³-hybridized carbons (Fsp3) is 0.444. The number of amides is 2. The summed E-state index contributed by atoms with van der Waals surface area (Å²) >= 11 is 0. The van der Waals surface area contributed by atoms with Crippen molar-refractivity contribution in [1.82, 2.24) is 20.1 Å². The molecule has 6 nitrogen and oxygen atoms in total. The molecule has 2 fully saturated rings. The summed E-state index contributed by atoms with van der Waals surface area (Å²) in [5, 5.41) is 2.89. The number of carbonyl (C=O) groups excluding carboxylic acids is 1. The van der Waals surface area contributed by atoms with E-state index in [0.29, 0.717) is 12.6 Å². The summed E-state index contributed by atoms with van der Waals surface area (Å²) in [6.45, 7) is 4.17. The van der Waals surface area contributed by atoms with Gasteiger partial charge in [0.1, 0.15) is 0 Å². The molecule has 0 radical (unpaired) electrons. The second-order valence-electron chi connectivity index (χ2n) is 6.44. The molecule has 1 aromatic heterocycles. The molecular formula is C18H22N4O2. The topological polar surface area (TPSA) is 61.6 Å². The Kier molecular flexibility index (Phi) is 4.21. The number of nitrogens with zero attached hydrogens (tertiary/aromatic N) is 3. The highest BCUT2D eigenvalue weighted by molar-refractivity contribution is 5.76. The third kappa shape index (κ3) is 3.14. The molecule has 2 amide bonds. The Morgan fingerprint density at radius 2 is 2.12 bits per heavy atom. The lowest BCUT2D eigenvalue weighted by molar-refractivity contribution is 0.115. The molecule has 1 aromatic carbocycles. The van der Waals surface area contributed by atoms with Crippen LogP contribution >= 0.6 is 0 Å².